The maximum absolute atomic E-state index is 12.8. The molecule has 0 N–H and O–H groups in total. The van der Waals surface area contributed by atoms with E-state index in [0.717, 1.165) is 0 Å². The fourth-order valence-electron chi connectivity index (χ4n) is 3.85. The minimum absolute atomic E-state index is 0.0138. The molecule has 9 heteroatoms. The minimum Gasteiger partial charge on any atom is -0.441 e. The van der Waals surface area contributed by atoms with Crippen molar-refractivity contribution < 1.29 is 19.1 Å². The third-order valence-corrected chi connectivity index (χ3v) is 6.05. The molecule has 3 aliphatic heterocycles. The maximum atomic E-state index is 12.8. The second-order valence-electron chi connectivity index (χ2n) is 6.95. The highest BCUT2D eigenvalue weighted by molar-refractivity contribution is 7.13. The molecule has 4 rings (SSSR count). The Morgan fingerprint density at radius 1 is 1.36 bits per heavy atom. The van der Waals surface area contributed by atoms with Gasteiger partial charge in [0, 0.05) is 57.5 Å². The first-order valence-corrected chi connectivity index (χ1v) is 9.28. The van der Waals surface area contributed by atoms with Crippen molar-refractivity contribution in [2.75, 3.05) is 38.1 Å². The Kier molecular flexibility index (Phi) is 3.90. The smallest absolute Gasteiger partial charge is 0.410 e. The van der Waals surface area contributed by atoms with Crippen molar-refractivity contribution in [3.63, 3.8) is 0 Å². The summed E-state index contributed by atoms with van der Waals surface area (Å²) >= 11 is 1.40. The lowest BCUT2D eigenvalue weighted by Gasteiger charge is -2.38. The molecule has 8 nitrogen and oxygen atoms in total. The molecule has 4 heterocycles. The molecule has 3 aliphatic rings. The quantitative estimate of drug-likeness (QED) is 0.780. The number of hydrogen-bond donors (Lipinski definition) is 0. The summed E-state index contributed by atoms with van der Waals surface area (Å²) in [5, 5.41) is 2.47. The van der Waals surface area contributed by atoms with Gasteiger partial charge in [0.1, 0.15) is 5.60 Å². The Bertz CT molecular complexity index is 699. The van der Waals surface area contributed by atoms with Gasteiger partial charge in [0.25, 0.3) is 0 Å². The summed E-state index contributed by atoms with van der Waals surface area (Å²) in [6.45, 7) is 2.09. The van der Waals surface area contributed by atoms with E-state index in [1.165, 1.54) is 11.3 Å². The zero-order chi connectivity index (χ0) is 17.6. The maximum Gasteiger partial charge on any atom is 0.410 e. The van der Waals surface area contributed by atoms with Crippen LogP contribution in [0.2, 0.25) is 0 Å². The van der Waals surface area contributed by atoms with E-state index in [9.17, 15) is 14.4 Å². The molecule has 1 unspecified atom stereocenters. The van der Waals surface area contributed by atoms with Gasteiger partial charge in [-0.25, -0.2) is 9.78 Å². The van der Waals surface area contributed by atoms with Gasteiger partial charge < -0.3 is 14.5 Å². The summed E-state index contributed by atoms with van der Waals surface area (Å²) < 4.78 is 5.52. The number of carbonyl (C=O) groups is 3. The van der Waals surface area contributed by atoms with Gasteiger partial charge in [-0.15, -0.1) is 11.3 Å². The van der Waals surface area contributed by atoms with Gasteiger partial charge >= 0.3 is 6.09 Å². The Morgan fingerprint density at radius 2 is 2.12 bits per heavy atom. The lowest BCUT2D eigenvalue weighted by molar-refractivity contribution is -0.139. The number of nitrogens with zero attached hydrogens (tertiary/aromatic N) is 4. The van der Waals surface area contributed by atoms with Gasteiger partial charge in [-0.1, -0.05) is 0 Å². The van der Waals surface area contributed by atoms with E-state index in [0.29, 0.717) is 44.2 Å². The molecule has 0 saturated carbocycles. The SMILES string of the molecule is CN1CC2(CCN(C(=O)C3CC(=O)N(c4nccs4)C3)CC2)OC1=O. The van der Waals surface area contributed by atoms with E-state index >= 15 is 0 Å². The average molecular weight is 364 g/mol. The van der Waals surface area contributed by atoms with E-state index in [2.05, 4.69) is 4.98 Å². The van der Waals surface area contributed by atoms with Gasteiger partial charge in [-0.05, 0) is 0 Å². The minimum atomic E-state index is -0.457. The molecule has 0 aromatic carbocycles. The van der Waals surface area contributed by atoms with E-state index in [4.69, 9.17) is 4.74 Å². The third kappa shape index (κ3) is 2.86. The second kappa shape index (κ2) is 5.98. The van der Waals surface area contributed by atoms with Crippen LogP contribution < -0.4 is 4.90 Å². The Hall–Kier alpha value is -2.16. The van der Waals surface area contributed by atoms with Crippen LogP contribution >= 0.6 is 11.3 Å². The van der Waals surface area contributed by atoms with Crippen molar-refractivity contribution in [1.82, 2.24) is 14.8 Å². The monoisotopic (exact) mass is 364 g/mol. The summed E-state index contributed by atoms with van der Waals surface area (Å²) in [5.41, 5.74) is -0.457. The number of hydrogen-bond acceptors (Lipinski definition) is 6. The second-order valence-corrected chi connectivity index (χ2v) is 7.83. The van der Waals surface area contributed by atoms with Crippen molar-refractivity contribution in [1.29, 1.82) is 0 Å². The molecule has 0 radical (unpaired) electrons. The average Bonchev–Trinajstić information content (AvgIpc) is 3.29. The molecular weight excluding hydrogens is 344 g/mol. The van der Waals surface area contributed by atoms with Crippen molar-refractivity contribution in [2.24, 2.45) is 5.92 Å². The van der Waals surface area contributed by atoms with Crippen LogP contribution in [0.15, 0.2) is 11.6 Å². The zero-order valence-electron chi connectivity index (χ0n) is 14.0. The lowest BCUT2D eigenvalue weighted by Crippen LogP contribution is -2.50. The number of amides is 3. The van der Waals surface area contributed by atoms with Crippen molar-refractivity contribution >= 4 is 34.4 Å². The van der Waals surface area contributed by atoms with Crippen molar-refractivity contribution in [2.45, 2.75) is 24.9 Å². The predicted octanol–water partition coefficient (Wildman–Crippen LogP) is 0.939. The van der Waals surface area contributed by atoms with Crippen LogP contribution in [0.1, 0.15) is 19.3 Å². The van der Waals surface area contributed by atoms with E-state index in [1.54, 1.807) is 27.9 Å². The molecule has 0 bridgehead atoms. The molecule has 1 aromatic rings. The highest BCUT2D eigenvalue weighted by Gasteiger charge is 2.47. The number of likely N-dealkylation sites (tertiary alicyclic amines) is 1. The van der Waals surface area contributed by atoms with Gasteiger partial charge in [0.2, 0.25) is 11.8 Å². The van der Waals surface area contributed by atoms with Crippen LogP contribution in [0.3, 0.4) is 0 Å². The fourth-order valence-corrected chi connectivity index (χ4v) is 4.52. The number of ether oxygens (including phenoxy) is 1. The van der Waals surface area contributed by atoms with Crippen LogP contribution in [0.4, 0.5) is 9.93 Å². The Morgan fingerprint density at radius 3 is 2.72 bits per heavy atom. The van der Waals surface area contributed by atoms with Gasteiger partial charge in [-0.3, -0.25) is 14.5 Å². The number of carbonyl (C=O) groups excluding carboxylic acids is 3. The van der Waals surface area contributed by atoms with Crippen LogP contribution in [0.25, 0.3) is 0 Å². The number of anilines is 1. The molecule has 25 heavy (non-hydrogen) atoms. The first-order valence-electron chi connectivity index (χ1n) is 8.40. The van der Waals surface area contributed by atoms with E-state index in [-0.39, 0.29) is 30.2 Å². The molecule has 134 valence electrons. The Balaban J connectivity index is 1.37. The third-order valence-electron chi connectivity index (χ3n) is 5.25. The summed E-state index contributed by atoms with van der Waals surface area (Å²) in [6, 6.07) is 0. The standard InChI is InChI=1S/C16H20N4O4S/c1-18-10-16(24-15(18)23)2-5-19(6-3-16)13(22)11-8-12(21)20(9-11)14-17-4-7-25-14/h4,7,11H,2-3,5-6,8-10H2,1H3. The molecule has 1 aromatic heterocycles. The van der Waals surface area contributed by atoms with E-state index in [1.807, 2.05) is 5.38 Å². The Labute approximate surface area is 149 Å². The number of rotatable bonds is 2. The van der Waals surface area contributed by atoms with Crippen LogP contribution in [-0.2, 0) is 14.3 Å². The number of likely N-dealkylation sites (N-methyl/N-ethyl adjacent to an activating group) is 1. The molecule has 1 atom stereocenters. The normalized spacial score (nSPS) is 25.8. The zero-order valence-corrected chi connectivity index (χ0v) is 14.8. The highest BCUT2D eigenvalue weighted by atomic mass is 32.1. The van der Waals surface area contributed by atoms with Crippen LogP contribution in [0.5, 0.6) is 0 Å². The lowest BCUT2D eigenvalue weighted by atomic mass is 9.90. The summed E-state index contributed by atoms with van der Waals surface area (Å²) in [4.78, 5) is 45.8. The molecule has 3 fully saturated rings. The van der Waals surface area contributed by atoms with Gasteiger partial charge in [-0.2, -0.15) is 0 Å². The molecular formula is C16H20N4O4S. The number of thiazole rings is 1. The van der Waals surface area contributed by atoms with Gasteiger partial charge in [0.05, 0.1) is 12.5 Å². The van der Waals surface area contributed by atoms with Crippen LogP contribution in [0, 0.1) is 5.92 Å². The molecule has 1 spiro atoms. The number of piperidine rings is 1. The van der Waals surface area contributed by atoms with Crippen molar-refractivity contribution in [3.8, 4) is 0 Å². The number of aromatic nitrogens is 1. The fraction of sp³-hybridized carbons (Fsp3) is 0.625. The predicted molar refractivity (Wildman–Crippen MR) is 90.2 cm³/mol. The largest absolute Gasteiger partial charge is 0.441 e. The van der Waals surface area contributed by atoms with Gasteiger partial charge in [0.15, 0.2) is 5.13 Å². The molecule has 0 aliphatic carbocycles. The summed E-state index contributed by atoms with van der Waals surface area (Å²) in [5.74, 6) is -0.354. The summed E-state index contributed by atoms with van der Waals surface area (Å²) in [6.07, 6.45) is 2.89. The van der Waals surface area contributed by atoms with Crippen molar-refractivity contribution in [3.05, 3.63) is 11.6 Å². The first-order chi connectivity index (χ1) is 12.0. The van der Waals surface area contributed by atoms with Crippen LogP contribution in [-0.4, -0.2) is 71.5 Å². The van der Waals surface area contributed by atoms with E-state index < -0.39 is 5.60 Å². The molecule has 3 amide bonds. The highest BCUT2D eigenvalue weighted by Crippen LogP contribution is 2.34. The summed E-state index contributed by atoms with van der Waals surface area (Å²) in [7, 11) is 1.73. The first kappa shape index (κ1) is 16.3. The topological polar surface area (TPSA) is 83.1 Å². The molecule has 3 saturated heterocycles.